The molecule has 2 N–H and O–H groups in total. The number of hydrogen-bond donors (Lipinski definition) is 2. The van der Waals surface area contributed by atoms with Crippen LogP contribution in [0.4, 0.5) is 5.69 Å². The zero-order chi connectivity index (χ0) is 19.6. The van der Waals surface area contributed by atoms with Crippen molar-refractivity contribution < 1.29 is 9.59 Å². The number of benzene rings is 1. The summed E-state index contributed by atoms with van der Waals surface area (Å²) in [5.74, 6) is -1.49. The highest BCUT2D eigenvalue weighted by Gasteiger charge is 2.40. The zero-order valence-corrected chi connectivity index (χ0v) is 16.9. The molecule has 1 aromatic carbocycles. The molecule has 0 aliphatic heterocycles. The number of nitrogens with one attached hydrogen (secondary N) is 2. The molecule has 2 aromatic rings. The summed E-state index contributed by atoms with van der Waals surface area (Å²) in [6.07, 6.45) is 3.06. The first kappa shape index (κ1) is 19.9. The molecule has 1 aliphatic rings. The molecule has 8 heteroatoms. The van der Waals surface area contributed by atoms with Gasteiger partial charge in [-0.1, -0.05) is 40.9 Å². The molecular formula is C19H18Cl3N3O2. The fraction of sp³-hybridized carbons (Fsp3) is 0.316. The number of nitrogens with zero attached hydrogens (tertiary/aromatic N) is 1. The predicted octanol–water partition coefficient (Wildman–Crippen LogP) is 4.57. The van der Waals surface area contributed by atoms with Crippen molar-refractivity contribution in [3.63, 3.8) is 0 Å². The highest BCUT2D eigenvalue weighted by molar-refractivity contribution is 6.41. The Hall–Kier alpha value is -1.82. The van der Waals surface area contributed by atoms with Crippen LogP contribution in [-0.2, 0) is 16.0 Å². The monoisotopic (exact) mass is 425 g/mol. The molecule has 0 bridgehead atoms. The standard InChI is InChI=1S/C19H18Cl3N3O2/c1-11-3-6-15(16(22)23-11)24-17(26)18(27)25-19(7-2-8-19)10-12-4-5-13(20)9-14(12)21/h3-6,9H,2,7-8,10H2,1H3,(H,24,26)(H,25,27). The molecule has 27 heavy (non-hydrogen) atoms. The number of rotatable bonds is 4. The van der Waals surface area contributed by atoms with Crippen molar-refractivity contribution in [3.8, 4) is 0 Å². The van der Waals surface area contributed by atoms with E-state index in [1.165, 1.54) is 0 Å². The van der Waals surface area contributed by atoms with Crippen molar-refractivity contribution in [1.82, 2.24) is 10.3 Å². The predicted molar refractivity (Wildman–Crippen MR) is 108 cm³/mol. The molecule has 5 nitrogen and oxygen atoms in total. The largest absolute Gasteiger partial charge is 0.342 e. The summed E-state index contributed by atoms with van der Waals surface area (Å²) in [6, 6.07) is 8.59. The lowest BCUT2D eigenvalue weighted by molar-refractivity contribution is -0.138. The van der Waals surface area contributed by atoms with E-state index >= 15 is 0 Å². The van der Waals surface area contributed by atoms with E-state index in [-0.39, 0.29) is 5.15 Å². The van der Waals surface area contributed by atoms with Crippen LogP contribution in [0.15, 0.2) is 30.3 Å². The van der Waals surface area contributed by atoms with E-state index in [0.717, 1.165) is 30.5 Å². The van der Waals surface area contributed by atoms with Crippen molar-refractivity contribution in [2.75, 3.05) is 5.32 Å². The molecule has 0 radical (unpaired) electrons. The number of pyridine rings is 1. The second-order valence-corrected chi connectivity index (χ2v) is 7.95. The van der Waals surface area contributed by atoms with Gasteiger partial charge in [-0.3, -0.25) is 9.59 Å². The Morgan fingerprint density at radius 1 is 1.11 bits per heavy atom. The van der Waals surface area contributed by atoms with E-state index in [9.17, 15) is 9.59 Å². The van der Waals surface area contributed by atoms with Crippen molar-refractivity contribution in [2.45, 2.75) is 38.1 Å². The topological polar surface area (TPSA) is 71.1 Å². The van der Waals surface area contributed by atoms with Crippen molar-refractivity contribution in [1.29, 1.82) is 0 Å². The van der Waals surface area contributed by atoms with Crippen LogP contribution >= 0.6 is 34.8 Å². The third kappa shape index (κ3) is 4.72. The Morgan fingerprint density at radius 3 is 2.44 bits per heavy atom. The third-order valence-electron chi connectivity index (χ3n) is 4.68. The van der Waals surface area contributed by atoms with Gasteiger partial charge >= 0.3 is 11.8 Å². The second kappa shape index (κ2) is 8.05. The summed E-state index contributed by atoms with van der Waals surface area (Å²) in [5, 5.41) is 6.61. The summed E-state index contributed by atoms with van der Waals surface area (Å²) >= 11 is 18.2. The van der Waals surface area contributed by atoms with E-state index < -0.39 is 17.4 Å². The number of carbonyl (C=O) groups excluding carboxylic acids is 2. The minimum Gasteiger partial charge on any atom is -0.342 e. The van der Waals surface area contributed by atoms with E-state index in [0.29, 0.717) is 22.2 Å². The summed E-state index contributed by atoms with van der Waals surface area (Å²) < 4.78 is 0. The van der Waals surface area contributed by atoms with Crippen LogP contribution in [0, 0.1) is 6.92 Å². The minimum atomic E-state index is -0.781. The highest BCUT2D eigenvalue weighted by Crippen LogP contribution is 2.37. The number of aromatic nitrogens is 1. The third-order valence-corrected chi connectivity index (χ3v) is 5.55. The van der Waals surface area contributed by atoms with Gasteiger partial charge in [0, 0.05) is 21.3 Å². The number of aryl methyl sites for hydroxylation is 1. The van der Waals surface area contributed by atoms with Crippen LogP contribution in [0.1, 0.15) is 30.5 Å². The van der Waals surface area contributed by atoms with Gasteiger partial charge in [0.25, 0.3) is 0 Å². The first-order valence-corrected chi connectivity index (χ1v) is 9.62. The zero-order valence-electron chi connectivity index (χ0n) is 14.6. The summed E-state index contributed by atoms with van der Waals surface area (Å²) in [7, 11) is 0. The molecule has 0 unspecified atom stereocenters. The number of hydrogen-bond acceptors (Lipinski definition) is 3. The van der Waals surface area contributed by atoms with Gasteiger partial charge in [0.1, 0.15) is 0 Å². The maximum Gasteiger partial charge on any atom is 0.313 e. The van der Waals surface area contributed by atoms with Gasteiger partial charge in [-0.25, -0.2) is 4.98 Å². The Bertz CT molecular complexity index is 898. The van der Waals surface area contributed by atoms with Gasteiger partial charge in [-0.15, -0.1) is 0 Å². The number of anilines is 1. The van der Waals surface area contributed by atoms with Gasteiger partial charge in [-0.2, -0.15) is 0 Å². The van der Waals surface area contributed by atoms with Crippen molar-refractivity contribution in [2.24, 2.45) is 0 Å². The molecule has 1 aliphatic carbocycles. The molecule has 0 spiro atoms. The quantitative estimate of drug-likeness (QED) is 0.556. The number of halogens is 3. The van der Waals surface area contributed by atoms with Crippen LogP contribution in [0.2, 0.25) is 15.2 Å². The van der Waals surface area contributed by atoms with E-state index in [4.69, 9.17) is 34.8 Å². The molecule has 0 atom stereocenters. The number of amides is 2. The van der Waals surface area contributed by atoms with Crippen molar-refractivity contribution in [3.05, 3.63) is 56.8 Å². The van der Waals surface area contributed by atoms with Gasteiger partial charge in [-0.05, 0) is 62.4 Å². The van der Waals surface area contributed by atoms with Crippen LogP contribution in [0.25, 0.3) is 0 Å². The van der Waals surface area contributed by atoms with Crippen LogP contribution < -0.4 is 10.6 Å². The first-order chi connectivity index (χ1) is 12.8. The van der Waals surface area contributed by atoms with E-state index in [1.807, 2.05) is 6.07 Å². The Labute approximate surface area is 172 Å². The van der Waals surface area contributed by atoms with Gasteiger partial charge in [0.05, 0.1) is 5.69 Å². The lowest BCUT2D eigenvalue weighted by Crippen LogP contribution is -2.57. The SMILES string of the molecule is Cc1ccc(NC(=O)C(=O)NC2(Cc3ccc(Cl)cc3Cl)CCC2)c(Cl)n1. The molecule has 1 fully saturated rings. The average molecular weight is 427 g/mol. The second-order valence-electron chi connectivity index (χ2n) is 6.75. The van der Waals surface area contributed by atoms with Crippen LogP contribution in [0.3, 0.4) is 0 Å². The Kier molecular flexibility index (Phi) is 5.94. The maximum atomic E-state index is 12.4. The summed E-state index contributed by atoms with van der Waals surface area (Å²) in [6.45, 7) is 1.78. The van der Waals surface area contributed by atoms with Crippen LogP contribution in [-0.4, -0.2) is 22.3 Å². The minimum absolute atomic E-state index is 0.141. The van der Waals surface area contributed by atoms with E-state index in [2.05, 4.69) is 15.6 Å². The molecule has 1 heterocycles. The molecule has 1 saturated carbocycles. The van der Waals surface area contributed by atoms with E-state index in [1.54, 1.807) is 31.2 Å². The summed E-state index contributed by atoms with van der Waals surface area (Å²) in [5.41, 5.74) is 1.41. The Balaban J connectivity index is 1.68. The molecule has 1 aromatic heterocycles. The fourth-order valence-corrected chi connectivity index (χ4v) is 3.79. The molecular weight excluding hydrogens is 409 g/mol. The number of carbonyl (C=O) groups is 2. The lowest BCUT2D eigenvalue weighted by Gasteiger charge is -2.42. The highest BCUT2D eigenvalue weighted by atomic mass is 35.5. The van der Waals surface area contributed by atoms with Gasteiger partial charge in [0.15, 0.2) is 5.15 Å². The fourth-order valence-electron chi connectivity index (χ4n) is 3.07. The average Bonchev–Trinajstić information content (AvgIpc) is 2.57. The first-order valence-electron chi connectivity index (χ1n) is 8.49. The molecule has 3 rings (SSSR count). The van der Waals surface area contributed by atoms with Crippen molar-refractivity contribution >= 4 is 52.3 Å². The molecule has 0 saturated heterocycles. The van der Waals surface area contributed by atoms with Gasteiger partial charge in [0.2, 0.25) is 0 Å². The molecule has 2 amide bonds. The Morgan fingerprint density at radius 2 is 1.85 bits per heavy atom. The molecule has 142 valence electrons. The van der Waals surface area contributed by atoms with Gasteiger partial charge < -0.3 is 10.6 Å². The lowest BCUT2D eigenvalue weighted by atomic mass is 9.72. The maximum absolute atomic E-state index is 12.4. The normalized spacial score (nSPS) is 15.0. The summed E-state index contributed by atoms with van der Waals surface area (Å²) in [4.78, 5) is 28.8. The van der Waals surface area contributed by atoms with Crippen LogP contribution in [0.5, 0.6) is 0 Å². The smallest absolute Gasteiger partial charge is 0.313 e.